The van der Waals surface area contributed by atoms with E-state index < -0.39 is 0 Å². The maximum Gasteiger partial charge on any atom is 0.263 e. The number of hydrogen-bond donors (Lipinski definition) is 3. The van der Waals surface area contributed by atoms with Crippen LogP contribution in [0.5, 0.6) is 0 Å². The Morgan fingerprint density at radius 1 is 1.28 bits per heavy atom. The third-order valence-electron chi connectivity index (χ3n) is 3.23. The second-order valence-corrected chi connectivity index (χ2v) is 6.30. The molecule has 0 bridgehead atoms. The van der Waals surface area contributed by atoms with Crippen molar-refractivity contribution in [3.05, 3.63) is 50.9 Å². The van der Waals surface area contributed by atoms with Crippen molar-refractivity contribution in [2.24, 2.45) is 4.99 Å². The summed E-state index contributed by atoms with van der Waals surface area (Å²) in [6.45, 7) is 3.50. The molecule has 1 amide bonds. The molecule has 0 atom stereocenters. The molecule has 1 heterocycles. The van der Waals surface area contributed by atoms with E-state index in [0.29, 0.717) is 35.5 Å². The summed E-state index contributed by atoms with van der Waals surface area (Å²) in [5.74, 6) is 0.567. The van der Waals surface area contributed by atoms with E-state index >= 15 is 0 Å². The smallest absolute Gasteiger partial charge is 0.263 e. The Hall–Kier alpha value is -1.39. The number of nitrogens with one attached hydrogen (secondary N) is 3. The quantitative estimate of drug-likeness (QED) is 0.250. The fourth-order valence-electron chi connectivity index (χ4n) is 2.01. The monoisotopic (exact) mass is 493 g/mol. The Kier molecular flexibility index (Phi) is 9.76. The predicted octanol–water partition coefficient (Wildman–Crippen LogP) is 2.82. The lowest BCUT2D eigenvalue weighted by atomic mass is 10.2. The van der Waals surface area contributed by atoms with E-state index in [1.165, 1.54) is 11.3 Å². The van der Waals surface area contributed by atoms with Gasteiger partial charge in [-0.15, -0.1) is 35.3 Å². The number of aromatic nitrogens is 1. The first-order valence-corrected chi connectivity index (χ1v) is 8.73. The van der Waals surface area contributed by atoms with Crippen LogP contribution in [0.15, 0.2) is 34.8 Å². The van der Waals surface area contributed by atoms with Gasteiger partial charge in [0.25, 0.3) is 5.91 Å². The van der Waals surface area contributed by atoms with Crippen LogP contribution in [0.2, 0.25) is 5.02 Å². The van der Waals surface area contributed by atoms with Gasteiger partial charge in [-0.25, -0.2) is 4.98 Å². The highest BCUT2D eigenvalue weighted by Gasteiger charge is 2.10. The molecule has 3 N–H and O–H groups in total. The summed E-state index contributed by atoms with van der Waals surface area (Å²) in [4.78, 5) is 20.8. The van der Waals surface area contributed by atoms with Gasteiger partial charge in [-0.05, 0) is 24.6 Å². The molecule has 9 heteroatoms. The molecule has 2 rings (SSSR count). The lowest BCUT2D eigenvalue weighted by molar-refractivity contribution is 0.0957. The van der Waals surface area contributed by atoms with E-state index in [2.05, 4.69) is 25.9 Å². The lowest BCUT2D eigenvalue weighted by Crippen LogP contribution is -2.41. The average Bonchev–Trinajstić information content (AvgIpc) is 3.00. The van der Waals surface area contributed by atoms with Crippen LogP contribution in [-0.2, 0) is 6.54 Å². The Labute approximate surface area is 173 Å². The first-order chi connectivity index (χ1) is 11.6. The summed E-state index contributed by atoms with van der Waals surface area (Å²) in [5.41, 5.74) is 3.49. The topological polar surface area (TPSA) is 78.4 Å². The van der Waals surface area contributed by atoms with E-state index in [1.807, 2.05) is 31.2 Å². The second-order valence-electron chi connectivity index (χ2n) is 5.01. The van der Waals surface area contributed by atoms with Crippen molar-refractivity contribution in [3.8, 4) is 0 Å². The van der Waals surface area contributed by atoms with Crippen LogP contribution in [-0.4, -0.2) is 37.0 Å². The number of guanidine groups is 1. The third kappa shape index (κ3) is 7.17. The molecular formula is C16H21ClIN5OS. The number of thiazole rings is 1. The van der Waals surface area contributed by atoms with Crippen molar-refractivity contribution >= 4 is 58.8 Å². The van der Waals surface area contributed by atoms with E-state index in [9.17, 15) is 4.79 Å². The number of amides is 1. The summed E-state index contributed by atoms with van der Waals surface area (Å²) in [6, 6.07) is 7.64. The number of rotatable bonds is 6. The number of halogens is 2. The molecule has 25 heavy (non-hydrogen) atoms. The average molecular weight is 494 g/mol. The molecule has 0 fully saturated rings. The van der Waals surface area contributed by atoms with Gasteiger partial charge in [0.1, 0.15) is 4.88 Å². The third-order valence-corrected chi connectivity index (χ3v) is 4.39. The molecule has 0 saturated carbocycles. The standard InChI is InChI=1S/C16H20ClN5OS.HI/c1-11-14(24-10-22-11)15(23)19-6-7-20-16(18-2)21-9-12-4-3-5-13(17)8-12;/h3-5,8,10H,6-7,9H2,1-2H3,(H,19,23)(H2,18,20,21);1H. The lowest BCUT2D eigenvalue weighted by Gasteiger charge is -2.12. The van der Waals surface area contributed by atoms with E-state index in [-0.39, 0.29) is 29.9 Å². The Balaban J connectivity index is 0.00000312. The molecule has 1 aromatic carbocycles. The van der Waals surface area contributed by atoms with Crippen molar-refractivity contribution in [1.82, 2.24) is 20.9 Å². The fourth-order valence-corrected chi connectivity index (χ4v) is 2.94. The Bertz CT molecular complexity index is 722. The van der Waals surface area contributed by atoms with Crippen LogP contribution in [0.3, 0.4) is 0 Å². The molecule has 0 radical (unpaired) electrons. The van der Waals surface area contributed by atoms with Gasteiger partial charge in [0.2, 0.25) is 0 Å². The van der Waals surface area contributed by atoms with Crippen LogP contribution in [0.1, 0.15) is 20.9 Å². The minimum absolute atomic E-state index is 0. The number of carbonyl (C=O) groups excluding carboxylic acids is 1. The number of nitrogens with zero attached hydrogens (tertiary/aromatic N) is 2. The number of carbonyl (C=O) groups is 1. The van der Waals surface area contributed by atoms with Crippen molar-refractivity contribution < 1.29 is 4.79 Å². The van der Waals surface area contributed by atoms with Gasteiger partial charge < -0.3 is 16.0 Å². The largest absolute Gasteiger partial charge is 0.355 e. The van der Waals surface area contributed by atoms with Crippen molar-refractivity contribution in [2.45, 2.75) is 13.5 Å². The van der Waals surface area contributed by atoms with Crippen molar-refractivity contribution in [2.75, 3.05) is 20.1 Å². The summed E-state index contributed by atoms with van der Waals surface area (Å²) in [6.07, 6.45) is 0. The molecular weight excluding hydrogens is 473 g/mol. The van der Waals surface area contributed by atoms with Crippen molar-refractivity contribution in [3.63, 3.8) is 0 Å². The molecule has 0 saturated heterocycles. The number of benzene rings is 1. The van der Waals surface area contributed by atoms with Crippen LogP contribution in [0, 0.1) is 6.92 Å². The Morgan fingerprint density at radius 3 is 2.68 bits per heavy atom. The molecule has 0 unspecified atom stereocenters. The molecule has 1 aromatic heterocycles. The highest BCUT2D eigenvalue weighted by molar-refractivity contribution is 14.0. The van der Waals surface area contributed by atoms with Gasteiger partial charge in [-0.2, -0.15) is 0 Å². The highest BCUT2D eigenvalue weighted by atomic mass is 127. The van der Waals surface area contributed by atoms with Gasteiger partial charge >= 0.3 is 0 Å². The van der Waals surface area contributed by atoms with Gasteiger partial charge in [0.15, 0.2) is 5.96 Å². The highest BCUT2D eigenvalue weighted by Crippen LogP contribution is 2.11. The predicted molar refractivity (Wildman–Crippen MR) is 114 cm³/mol. The normalized spacial score (nSPS) is 10.8. The zero-order valence-electron chi connectivity index (χ0n) is 14.0. The van der Waals surface area contributed by atoms with Crippen LogP contribution in [0.4, 0.5) is 0 Å². The fraction of sp³-hybridized carbons (Fsp3) is 0.312. The number of hydrogen-bond acceptors (Lipinski definition) is 4. The molecule has 0 aliphatic rings. The minimum Gasteiger partial charge on any atom is -0.355 e. The minimum atomic E-state index is -0.0985. The molecule has 2 aromatic rings. The summed E-state index contributed by atoms with van der Waals surface area (Å²) >= 11 is 7.30. The summed E-state index contributed by atoms with van der Waals surface area (Å²) in [7, 11) is 1.70. The van der Waals surface area contributed by atoms with Gasteiger partial charge in [-0.3, -0.25) is 9.79 Å². The second kappa shape index (κ2) is 11.3. The van der Waals surface area contributed by atoms with E-state index in [1.54, 1.807) is 12.6 Å². The SMILES string of the molecule is CN=C(NCCNC(=O)c1scnc1C)NCc1cccc(Cl)c1.I. The van der Waals surface area contributed by atoms with Crippen LogP contribution in [0.25, 0.3) is 0 Å². The summed E-state index contributed by atoms with van der Waals surface area (Å²) < 4.78 is 0. The van der Waals surface area contributed by atoms with Gasteiger partial charge in [-0.1, -0.05) is 23.7 Å². The van der Waals surface area contributed by atoms with Crippen LogP contribution >= 0.6 is 46.9 Å². The maximum atomic E-state index is 12.0. The molecule has 0 spiro atoms. The first-order valence-electron chi connectivity index (χ1n) is 7.47. The molecule has 0 aliphatic carbocycles. The van der Waals surface area contributed by atoms with Gasteiger partial charge in [0.05, 0.1) is 11.2 Å². The van der Waals surface area contributed by atoms with E-state index in [4.69, 9.17) is 11.6 Å². The Morgan fingerprint density at radius 2 is 2.04 bits per heavy atom. The zero-order chi connectivity index (χ0) is 17.4. The number of aryl methyl sites for hydroxylation is 1. The van der Waals surface area contributed by atoms with Gasteiger partial charge in [0, 0.05) is 31.7 Å². The van der Waals surface area contributed by atoms with Crippen molar-refractivity contribution in [1.29, 1.82) is 0 Å². The zero-order valence-corrected chi connectivity index (χ0v) is 17.9. The molecule has 0 aliphatic heterocycles. The number of aliphatic imine (C=N–C) groups is 1. The first kappa shape index (κ1) is 21.7. The summed E-state index contributed by atoms with van der Waals surface area (Å²) in [5, 5.41) is 9.91. The molecule has 136 valence electrons. The maximum absolute atomic E-state index is 12.0. The van der Waals surface area contributed by atoms with E-state index in [0.717, 1.165) is 11.3 Å². The van der Waals surface area contributed by atoms with Crippen LogP contribution < -0.4 is 16.0 Å². The molecule has 6 nitrogen and oxygen atoms in total.